The van der Waals surface area contributed by atoms with Crippen LogP contribution in [0, 0.1) is 0 Å². The standard InChI is InChI=1S/C21H16ClF3O5/c1-3-28-20(27)11(2)29-14-8-9-15-16(10-14)30-19(21(23,24)25)17(18(15)26)12-4-6-13(22)7-5-12/h4-11H,3H2,1-2H3. The molecule has 3 rings (SSSR count). The van der Waals surface area contributed by atoms with Gasteiger partial charge in [0.05, 0.1) is 17.6 Å². The van der Waals surface area contributed by atoms with Crippen molar-refractivity contribution in [1.82, 2.24) is 0 Å². The Morgan fingerprint density at radius 1 is 1.17 bits per heavy atom. The minimum absolute atomic E-state index is 0.0265. The van der Waals surface area contributed by atoms with Gasteiger partial charge in [0.15, 0.2) is 6.10 Å². The first-order valence-electron chi connectivity index (χ1n) is 8.89. The normalized spacial score (nSPS) is 12.6. The Hall–Kier alpha value is -3.00. The van der Waals surface area contributed by atoms with Crippen molar-refractivity contribution in [2.75, 3.05) is 6.61 Å². The van der Waals surface area contributed by atoms with E-state index in [0.29, 0.717) is 5.02 Å². The summed E-state index contributed by atoms with van der Waals surface area (Å²) in [6.45, 7) is 3.22. The van der Waals surface area contributed by atoms with E-state index in [-0.39, 0.29) is 28.9 Å². The van der Waals surface area contributed by atoms with Crippen LogP contribution in [0.15, 0.2) is 51.7 Å². The van der Waals surface area contributed by atoms with Gasteiger partial charge in [0.25, 0.3) is 0 Å². The van der Waals surface area contributed by atoms with E-state index in [9.17, 15) is 22.8 Å². The number of hydrogen-bond donors (Lipinski definition) is 0. The number of esters is 1. The van der Waals surface area contributed by atoms with Gasteiger partial charge in [-0.3, -0.25) is 4.79 Å². The van der Waals surface area contributed by atoms with Crippen LogP contribution in [0.5, 0.6) is 5.75 Å². The summed E-state index contributed by atoms with van der Waals surface area (Å²) in [6.07, 6.45) is -5.92. The van der Waals surface area contributed by atoms with Gasteiger partial charge in [-0.1, -0.05) is 23.7 Å². The van der Waals surface area contributed by atoms with E-state index < -0.39 is 35.0 Å². The van der Waals surface area contributed by atoms with Crippen LogP contribution in [0.3, 0.4) is 0 Å². The third kappa shape index (κ3) is 4.43. The Balaban J connectivity index is 2.14. The summed E-state index contributed by atoms with van der Waals surface area (Å²) in [5.74, 6) is -2.01. The maximum absolute atomic E-state index is 13.7. The number of fused-ring (bicyclic) bond motifs is 1. The molecule has 0 aliphatic rings. The van der Waals surface area contributed by atoms with E-state index in [1.165, 1.54) is 43.3 Å². The van der Waals surface area contributed by atoms with E-state index >= 15 is 0 Å². The molecule has 0 fully saturated rings. The number of rotatable bonds is 5. The summed E-state index contributed by atoms with van der Waals surface area (Å²) in [7, 11) is 0. The molecule has 158 valence electrons. The van der Waals surface area contributed by atoms with E-state index in [1.54, 1.807) is 6.92 Å². The highest BCUT2D eigenvalue weighted by molar-refractivity contribution is 6.30. The van der Waals surface area contributed by atoms with Crippen LogP contribution in [-0.2, 0) is 15.7 Å². The van der Waals surface area contributed by atoms with Gasteiger partial charge in [-0.15, -0.1) is 0 Å². The fourth-order valence-corrected chi connectivity index (χ4v) is 2.96. The van der Waals surface area contributed by atoms with Crippen molar-refractivity contribution in [2.45, 2.75) is 26.1 Å². The monoisotopic (exact) mass is 440 g/mol. The third-order valence-corrected chi connectivity index (χ3v) is 4.44. The van der Waals surface area contributed by atoms with E-state index in [2.05, 4.69) is 0 Å². The number of hydrogen-bond acceptors (Lipinski definition) is 5. The lowest BCUT2D eigenvalue weighted by Gasteiger charge is -2.15. The first-order chi connectivity index (χ1) is 14.1. The second-order valence-corrected chi connectivity index (χ2v) is 6.75. The van der Waals surface area contributed by atoms with Crippen molar-refractivity contribution in [3.05, 3.63) is 63.5 Å². The second kappa shape index (κ2) is 8.39. The first-order valence-corrected chi connectivity index (χ1v) is 9.27. The van der Waals surface area contributed by atoms with Crippen molar-refractivity contribution in [3.63, 3.8) is 0 Å². The average Bonchev–Trinajstić information content (AvgIpc) is 2.68. The van der Waals surface area contributed by atoms with Crippen molar-refractivity contribution in [2.24, 2.45) is 0 Å². The van der Waals surface area contributed by atoms with Gasteiger partial charge in [-0.25, -0.2) is 4.79 Å². The maximum atomic E-state index is 13.7. The molecule has 3 aromatic rings. The Labute approximate surface area is 174 Å². The molecule has 0 aliphatic heterocycles. The van der Waals surface area contributed by atoms with Crippen LogP contribution < -0.4 is 10.2 Å². The van der Waals surface area contributed by atoms with E-state index in [4.69, 9.17) is 25.5 Å². The minimum Gasteiger partial charge on any atom is -0.479 e. The fourth-order valence-electron chi connectivity index (χ4n) is 2.84. The van der Waals surface area contributed by atoms with E-state index in [1.807, 2.05) is 0 Å². The molecule has 0 saturated carbocycles. The van der Waals surface area contributed by atoms with Gasteiger partial charge in [-0.2, -0.15) is 13.2 Å². The fraction of sp³-hybridized carbons (Fsp3) is 0.238. The van der Waals surface area contributed by atoms with Crippen molar-refractivity contribution in [3.8, 4) is 16.9 Å². The van der Waals surface area contributed by atoms with Crippen molar-refractivity contribution >= 4 is 28.5 Å². The second-order valence-electron chi connectivity index (χ2n) is 6.31. The molecule has 0 aliphatic carbocycles. The first kappa shape index (κ1) is 21.7. The van der Waals surface area contributed by atoms with Gasteiger partial charge in [0.2, 0.25) is 11.2 Å². The molecule has 30 heavy (non-hydrogen) atoms. The third-order valence-electron chi connectivity index (χ3n) is 4.19. The van der Waals surface area contributed by atoms with Gasteiger partial charge >= 0.3 is 12.1 Å². The number of carbonyl (C=O) groups is 1. The lowest BCUT2D eigenvalue weighted by Crippen LogP contribution is -2.26. The highest BCUT2D eigenvalue weighted by Gasteiger charge is 2.39. The van der Waals surface area contributed by atoms with Crippen LogP contribution >= 0.6 is 11.6 Å². The molecule has 0 radical (unpaired) electrons. The molecule has 1 unspecified atom stereocenters. The molecular weight excluding hydrogens is 425 g/mol. The zero-order chi connectivity index (χ0) is 22.1. The minimum atomic E-state index is -4.92. The molecule has 2 aromatic carbocycles. The molecular formula is C21H16ClF3O5. The molecule has 0 amide bonds. The number of ether oxygens (including phenoxy) is 2. The van der Waals surface area contributed by atoms with Gasteiger partial charge in [0.1, 0.15) is 11.3 Å². The van der Waals surface area contributed by atoms with Crippen molar-refractivity contribution < 1.29 is 31.9 Å². The summed E-state index contributed by atoms with van der Waals surface area (Å²) in [5.41, 5.74) is -1.76. The predicted molar refractivity (Wildman–Crippen MR) is 105 cm³/mol. The highest BCUT2D eigenvalue weighted by Crippen LogP contribution is 2.38. The summed E-state index contributed by atoms with van der Waals surface area (Å²) in [5, 5.41) is 0.249. The van der Waals surface area contributed by atoms with Crippen LogP contribution in [0.4, 0.5) is 13.2 Å². The zero-order valence-corrected chi connectivity index (χ0v) is 16.6. The number of benzene rings is 2. The lowest BCUT2D eigenvalue weighted by molar-refractivity contribution is -0.152. The lowest BCUT2D eigenvalue weighted by atomic mass is 10.0. The quantitative estimate of drug-likeness (QED) is 0.493. The molecule has 0 spiro atoms. The van der Waals surface area contributed by atoms with Gasteiger partial charge in [-0.05, 0) is 43.7 Å². The molecule has 9 heteroatoms. The van der Waals surface area contributed by atoms with Crippen molar-refractivity contribution in [1.29, 1.82) is 0 Å². The highest BCUT2D eigenvalue weighted by atomic mass is 35.5. The molecule has 1 aromatic heterocycles. The van der Waals surface area contributed by atoms with Gasteiger partial charge < -0.3 is 13.9 Å². The molecule has 0 bridgehead atoms. The topological polar surface area (TPSA) is 65.7 Å². The number of halogens is 4. The Bertz CT molecular complexity index is 1140. The number of carbonyl (C=O) groups excluding carboxylic acids is 1. The van der Waals surface area contributed by atoms with Crippen LogP contribution in [0.2, 0.25) is 5.02 Å². The average molecular weight is 441 g/mol. The SMILES string of the molecule is CCOC(=O)C(C)Oc1ccc2c(=O)c(-c3ccc(Cl)cc3)c(C(F)(F)F)oc2c1. The number of alkyl halides is 3. The van der Waals surface area contributed by atoms with E-state index in [0.717, 1.165) is 6.07 Å². The Kier molecular flexibility index (Phi) is 6.07. The van der Waals surface area contributed by atoms with Crippen LogP contribution in [-0.4, -0.2) is 18.7 Å². The van der Waals surface area contributed by atoms with Crippen LogP contribution in [0.25, 0.3) is 22.1 Å². The van der Waals surface area contributed by atoms with Crippen LogP contribution in [0.1, 0.15) is 19.6 Å². The molecule has 0 N–H and O–H groups in total. The molecule has 5 nitrogen and oxygen atoms in total. The summed E-state index contributed by atoms with van der Waals surface area (Å²) in [6, 6.07) is 9.18. The molecule has 1 heterocycles. The summed E-state index contributed by atoms with van der Waals surface area (Å²) < 4.78 is 56.3. The predicted octanol–water partition coefficient (Wildman–Crippen LogP) is 5.46. The van der Waals surface area contributed by atoms with Gasteiger partial charge in [0, 0.05) is 11.1 Å². The summed E-state index contributed by atoms with van der Waals surface area (Å²) >= 11 is 5.79. The maximum Gasteiger partial charge on any atom is 0.450 e. The molecule has 0 saturated heterocycles. The summed E-state index contributed by atoms with van der Waals surface area (Å²) in [4.78, 5) is 24.6. The molecule has 1 atom stereocenters. The Morgan fingerprint density at radius 3 is 2.43 bits per heavy atom. The zero-order valence-electron chi connectivity index (χ0n) is 15.9. The largest absolute Gasteiger partial charge is 0.479 e. The smallest absolute Gasteiger partial charge is 0.450 e. The Morgan fingerprint density at radius 2 is 1.83 bits per heavy atom.